The van der Waals surface area contributed by atoms with Gasteiger partial charge in [-0.05, 0) is 26.8 Å². The fourth-order valence-electron chi connectivity index (χ4n) is 1.07. The van der Waals surface area contributed by atoms with Crippen LogP contribution in [0.25, 0.3) is 5.95 Å². The van der Waals surface area contributed by atoms with Crippen LogP contribution in [0, 0.1) is 20.8 Å². The van der Waals surface area contributed by atoms with Crippen molar-refractivity contribution in [3.05, 3.63) is 29.3 Å². The van der Waals surface area contributed by atoms with E-state index < -0.39 is 0 Å². The van der Waals surface area contributed by atoms with Crippen LogP contribution in [0.5, 0.6) is 0 Å². The largest absolute Gasteiger partial charge is 0.270 e. The monoisotopic (exact) mass is 189 g/mol. The molecule has 0 atom stereocenters. The molecule has 0 aliphatic carbocycles. The standard InChI is InChI=1S/C9H11N5/c1-6-4-5-14(13-6)9-10-7(2)8(3)11-12-9/h4-5H,1-3H3. The molecule has 0 unspecified atom stereocenters. The summed E-state index contributed by atoms with van der Waals surface area (Å²) in [7, 11) is 0. The van der Waals surface area contributed by atoms with Crippen molar-refractivity contribution in [3.63, 3.8) is 0 Å². The lowest BCUT2D eigenvalue weighted by atomic mass is 10.4. The highest BCUT2D eigenvalue weighted by Crippen LogP contribution is 2.03. The van der Waals surface area contributed by atoms with E-state index in [1.165, 1.54) is 0 Å². The molecular formula is C9H11N5. The van der Waals surface area contributed by atoms with Gasteiger partial charge in [0.25, 0.3) is 5.95 Å². The first kappa shape index (κ1) is 8.80. The molecule has 0 N–H and O–H groups in total. The van der Waals surface area contributed by atoms with E-state index >= 15 is 0 Å². The Labute approximate surface area is 81.8 Å². The van der Waals surface area contributed by atoms with E-state index in [0.29, 0.717) is 5.95 Å². The van der Waals surface area contributed by atoms with Crippen molar-refractivity contribution >= 4 is 0 Å². The van der Waals surface area contributed by atoms with Gasteiger partial charge in [-0.3, -0.25) is 0 Å². The lowest BCUT2D eigenvalue weighted by Gasteiger charge is -2.00. The molecule has 0 spiro atoms. The molecule has 14 heavy (non-hydrogen) atoms. The highest BCUT2D eigenvalue weighted by atomic mass is 15.4. The number of aryl methyl sites for hydroxylation is 3. The maximum atomic E-state index is 4.28. The van der Waals surface area contributed by atoms with E-state index in [0.717, 1.165) is 17.1 Å². The van der Waals surface area contributed by atoms with Crippen LogP contribution in [0.1, 0.15) is 17.1 Å². The van der Waals surface area contributed by atoms with Crippen molar-refractivity contribution in [2.24, 2.45) is 0 Å². The molecule has 2 aromatic heterocycles. The molecule has 2 aromatic rings. The molecule has 0 aliphatic heterocycles. The third-order valence-electron chi connectivity index (χ3n) is 2.01. The minimum Gasteiger partial charge on any atom is -0.213 e. The fourth-order valence-corrected chi connectivity index (χ4v) is 1.07. The van der Waals surface area contributed by atoms with Gasteiger partial charge < -0.3 is 0 Å². The minimum absolute atomic E-state index is 0.515. The maximum Gasteiger partial charge on any atom is 0.270 e. The molecular weight excluding hydrogens is 178 g/mol. The predicted octanol–water partition coefficient (Wildman–Crippen LogP) is 0.983. The van der Waals surface area contributed by atoms with Gasteiger partial charge in [-0.1, -0.05) is 0 Å². The second-order valence-corrected chi connectivity index (χ2v) is 3.18. The maximum absolute atomic E-state index is 4.28. The molecule has 72 valence electrons. The van der Waals surface area contributed by atoms with E-state index in [2.05, 4.69) is 20.3 Å². The first-order valence-electron chi connectivity index (χ1n) is 4.37. The Morgan fingerprint density at radius 3 is 2.43 bits per heavy atom. The van der Waals surface area contributed by atoms with Crippen LogP contribution in [0.4, 0.5) is 0 Å². The SMILES string of the molecule is Cc1ccn(-c2nnc(C)c(C)n2)n1. The number of aromatic nitrogens is 5. The lowest BCUT2D eigenvalue weighted by Crippen LogP contribution is -2.06. The van der Waals surface area contributed by atoms with E-state index in [-0.39, 0.29) is 0 Å². The average molecular weight is 189 g/mol. The first-order chi connectivity index (χ1) is 6.66. The molecule has 0 aliphatic rings. The molecule has 5 heteroatoms. The summed E-state index contributed by atoms with van der Waals surface area (Å²) in [5.74, 6) is 0.515. The van der Waals surface area contributed by atoms with Gasteiger partial charge in [-0.25, -0.2) is 9.67 Å². The third-order valence-corrected chi connectivity index (χ3v) is 2.01. The Kier molecular flexibility index (Phi) is 1.99. The van der Waals surface area contributed by atoms with E-state index in [1.54, 1.807) is 4.68 Å². The molecule has 0 radical (unpaired) electrons. The Morgan fingerprint density at radius 1 is 1.07 bits per heavy atom. The minimum atomic E-state index is 0.515. The van der Waals surface area contributed by atoms with Crippen LogP contribution in [-0.2, 0) is 0 Å². The zero-order valence-corrected chi connectivity index (χ0v) is 8.39. The summed E-state index contributed by atoms with van der Waals surface area (Å²) in [4.78, 5) is 4.28. The Bertz CT molecular complexity index is 460. The molecule has 2 rings (SSSR count). The van der Waals surface area contributed by atoms with Crippen molar-refractivity contribution in [2.45, 2.75) is 20.8 Å². The zero-order valence-electron chi connectivity index (χ0n) is 8.39. The average Bonchev–Trinajstić information content (AvgIpc) is 2.57. The van der Waals surface area contributed by atoms with Crippen LogP contribution in [0.3, 0.4) is 0 Å². The summed E-state index contributed by atoms with van der Waals surface area (Å²) in [5.41, 5.74) is 2.66. The van der Waals surface area contributed by atoms with E-state index in [1.807, 2.05) is 33.0 Å². The normalized spacial score (nSPS) is 10.5. The molecule has 5 nitrogen and oxygen atoms in total. The summed E-state index contributed by atoms with van der Waals surface area (Å²) < 4.78 is 1.62. The molecule has 2 heterocycles. The van der Waals surface area contributed by atoms with Crippen molar-refractivity contribution in [2.75, 3.05) is 0 Å². The smallest absolute Gasteiger partial charge is 0.213 e. The molecule has 0 saturated carbocycles. The summed E-state index contributed by atoms with van der Waals surface area (Å²) in [6, 6.07) is 1.90. The second kappa shape index (κ2) is 3.17. The summed E-state index contributed by atoms with van der Waals surface area (Å²) in [6.07, 6.45) is 1.82. The van der Waals surface area contributed by atoms with Crippen LogP contribution in [-0.4, -0.2) is 25.0 Å². The van der Waals surface area contributed by atoms with Gasteiger partial charge in [0.2, 0.25) is 0 Å². The number of hydrogen-bond donors (Lipinski definition) is 0. The molecule has 0 fully saturated rings. The summed E-state index contributed by atoms with van der Waals surface area (Å²) in [5, 5.41) is 12.2. The van der Waals surface area contributed by atoms with E-state index in [4.69, 9.17) is 0 Å². The molecule has 0 bridgehead atoms. The van der Waals surface area contributed by atoms with Gasteiger partial charge in [0.1, 0.15) is 0 Å². The summed E-state index contributed by atoms with van der Waals surface area (Å²) in [6.45, 7) is 5.71. The number of hydrogen-bond acceptors (Lipinski definition) is 4. The van der Waals surface area contributed by atoms with Gasteiger partial charge in [0.15, 0.2) is 0 Å². The van der Waals surface area contributed by atoms with Gasteiger partial charge in [-0.2, -0.15) is 10.2 Å². The van der Waals surface area contributed by atoms with Gasteiger partial charge >= 0.3 is 0 Å². The highest BCUT2D eigenvalue weighted by Gasteiger charge is 2.04. The Morgan fingerprint density at radius 2 is 1.86 bits per heavy atom. The Balaban J connectivity index is 2.47. The van der Waals surface area contributed by atoms with Crippen LogP contribution in [0.2, 0.25) is 0 Å². The predicted molar refractivity (Wildman–Crippen MR) is 51.2 cm³/mol. The quantitative estimate of drug-likeness (QED) is 0.671. The van der Waals surface area contributed by atoms with Gasteiger partial charge in [-0.15, -0.1) is 5.10 Å². The highest BCUT2D eigenvalue weighted by molar-refractivity contribution is 5.14. The first-order valence-corrected chi connectivity index (χ1v) is 4.37. The lowest BCUT2D eigenvalue weighted by molar-refractivity contribution is 0.746. The van der Waals surface area contributed by atoms with Crippen molar-refractivity contribution in [3.8, 4) is 5.95 Å². The molecule has 0 amide bonds. The molecule has 0 aromatic carbocycles. The third kappa shape index (κ3) is 1.48. The molecule has 0 saturated heterocycles. The van der Waals surface area contributed by atoms with Crippen molar-refractivity contribution in [1.29, 1.82) is 0 Å². The number of nitrogens with zero attached hydrogens (tertiary/aromatic N) is 5. The topological polar surface area (TPSA) is 56.5 Å². The summed E-state index contributed by atoms with van der Waals surface area (Å²) >= 11 is 0. The fraction of sp³-hybridized carbons (Fsp3) is 0.333. The van der Waals surface area contributed by atoms with Gasteiger partial charge in [0.05, 0.1) is 17.1 Å². The second-order valence-electron chi connectivity index (χ2n) is 3.18. The van der Waals surface area contributed by atoms with Crippen molar-refractivity contribution < 1.29 is 0 Å². The van der Waals surface area contributed by atoms with Crippen LogP contribution >= 0.6 is 0 Å². The van der Waals surface area contributed by atoms with Crippen LogP contribution < -0.4 is 0 Å². The Hall–Kier alpha value is -1.78. The van der Waals surface area contributed by atoms with Crippen molar-refractivity contribution in [1.82, 2.24) is 25.0 Å². The van der Waals surface area contributed by atoms with E-state index in [9.17, 15) is 0 Å². The number of rotatable bonds is 1. The van der Waals surface area contributed by atoms with Gasteiger partial charge in [0, 0.05) is 6.20 Å². The zero-order chi connectivity index (χ0) is 10.1. The van der Waals surface area contributed by atoms with Crippen LogP contribution in [0.15, 0.2) is 12.3 Å².